The zero-order valence-corrected chi connectivity index (χ0v) is 19.4. The lowest BCUT2D eigenvalue weighted by Crippen LogP contribution is -2.53. The molecule has 0 heterocycles. The fraction of sp³-hybridized carbons (Fsp3) is 0.963. The van der Waals surface area contributed by atoms with E-state index in [4.69, 9.17) is 0 Å². The van der Waals surface area contributed by atoms with E-state index in [-0.39, 0.29) is 5.92 Å². The number of Topliss-reactive ketones (excluding diaryl/α,β-unsaturated/α-hetero) is 1. The molecule has 0 bridgehead atoms. The molecule has 0 aromatic heterocycles. The summed E-state index contributed by atoms with van der Waals surface area (Å²) in [7, 11) is 0. The van der Waals surface area contributed by atoms with Gasteiger partial charge in [-0.05, 0) is 104 Å². The Kier molecular flexibility index (Phi) is 5.78. The van der Waals surface area contributed by atoms with E-state index in [9.17, 15) is 4.79 Å². The molecule has 0 aliphatic heterocycles. The van der Waals surface area contributed by atoms with Gasteiger partial charge in [-0.25, -0.2) is 0 Å². The molecule has 4 rings (SSSR count). The molecule has 4 saturated carbocycles. The van der Waals surface area contributed by atoms with Gasteiger partial charge in [0.1, 0.15) is 5.78 Å². The fourth-order valence-electron chi connectivity index (χ4n) is 9.13. The SMILES string of the molecule is CC(C)C(=O)CC[C@@H](C)[C@H]1CC[C@H]2[C@@H]3CC[C@@H]4CCCC[C@]4(C)[C@H]3CC[C@]12C. The summed E-state index contributed by atoms with van der Waals surface area (Å²) in [5.74, 6) is 6.28. The van der Waals surface area contributed by atoms with Crippen molar-refractivity contribution < 1.29 is 4.79 Å². The van der Waals surface area contributed by atoms with Crippen LogP contribution in [0.15, 0.2) is 0 Å². The van der Waals surface area contributed by atoms with Crippen molar-refractivity contribution in [3.63, 3.8) is 0 Å². The molecule has 0 amide bonds. The Bertz CT molecular complexity index is 579. The molecule has 28 heavy (non-hydrogen) atoms. The number of hydrogen-bond donors (Lipinski definition) is 0. The highest BCUT2D eigenvalue weighted by molar-refractivity contribution is 5.80. The third-order valence-corrected chi connectivity index (χ3v) is 10.8. The quantitative estimate of drug-likeness (QED) is 0.473. The van der Waals surface area contributed by atoms with Crippen molar-refractivity contribution in [2.24, 2.45) is 52.3 Å². The van der Waals surface area contributed by atoms with Gasteiger partial charge >= 0.3 is 0 Å². The van der Waals surface area contributed by atoms with E-state index in [1.165, 1.54) is 64.2 Å². The van der Waals surface area contributed by atoms with E-state index >= 15 is 0 Å². The maximum absolute atomic E-state index is 12.2. The van der Waals surface area contributed by atoms with Crippen molar-refractivity contribution >= 4 is 5.78 Å². The van der Waals surface area contributed by atoms with Crippen LogP contribution in [-0.2, 0) is 4.79 Å². The Morgan fingerprint density at radius 3 is 2.36 bits per heavy atom. The smallest absolute Gasteiger partial charge is 0.135 e. The Labute approximate surface area is 174 Å². The molecule has 0 unspecified atom stereocenters. The van der Waals surface area contributed by atoms with Crippen molar-refractivity contribution in [3.05, 3.63) is 0 Å². The Hall–Kier alpha value is -0.330. The summed E-state index contributed by atoms with van der Waals surface area (Å²) in [4.78, 5) is 12.2. The van der Waals surface area contributed by atoms with Gasteiger partial charge in [-0.15, -0.1) is 0 Å². The highest BCUT2D eigenvalue weighted by Gasteiger charge is 2.60. The number of ketones is 1. The molecule has 0 radical (unpaired) electrons. The van der Waals surface area contributed by atoms with Crippen molar-refractivity contribution in [1.82, 2.24) is 0 Å². The molecule has 1 nitrogen and oxygen atoms in total. The van der Waals surface area contributed by atoms with Crippen LogP contribution >= 0.6 is 0 Å². The Balaban J connectivity index is 1.47. The Morgan fingerprint density at radius 1 is 0.857 bits per heavy atom. The first-order valence-electron chi connectivity index (χ1n) is 12.8. The lowest BCUT2D eigenvalue weighted by Gasteiger charge is -2.61. The number of carbonyl (C=O) groups is 1. The number of hydrogen-bond acceptors (Lipinski definition) is 1. The third kappa shape index (κ3) is 3.31. The van der Waals surface area contributed by atoms with Crippen molar-refractivity contribution in [2.45, 2.75) is 112 Å². The average Bonchev–Trinajstić information content (AvgIpc) is 3.02. The number of fused-ring (bicyclic) bond motifs is 5. The zero-order chi connectivity index (χ0) is 20.1. The molecule has 8 atom stereocenters. The van der Waals surface area contributed by atoms with Crippen molar-refractivity contribution in [3.8, 4) is 0 Å². The van der Waals surface area contributed by atoms with Crippen LogP contribution in [0.25, 0.3) is 0 Å². The third-order valence-electron chi connectivity index (χ3n) is 10.8. The van der Waals surface area contributed by atoms with E-state index in [0.29, 0.717) is 16.6 Å². The molecule has 4 fully saturated rings. The van der Waals surface area contributed by atoms with Crippen LogP contribution in [0.5, 0.6) is 0 Å². The largest absolute Gasteiger partial charge is 0.299 e. The van der Waals surface area contributed by atoms with E-state index < -0.39 is 0 Å². The first kappa shape index (κ1) is 20.9. The van der Waals surface area contributed by atoms with Crippen LogP contribution in [-0.4, -0.2) is 5.78 Å². The summed E-state index contributed by atoms with van der Waals surface area (Å²) in [5.41, 5.74) is 1.22. The second-order valence-corrected chi connectivity index (χ2v) is 12.3. The van der Waals surface area contributed by atoms with Crippen LogP contribution in [0.2, 0.25) is 0 Å². The van der Waals surface area contributed by atoms with Gasteiger partial charge < -0.3 is 0 Å². The highest BCUT2D eigenvalue weighted by Crippen LogP contribution is 2.68. The second-order valence-electron chi connectivity index (χ2n) is 12.3. The van der Waals surface area contributed by atoms with Crippen molar-refractivity contribution in [1.29, 1.82) is 0 Å². The van der Waals surface area contributed by atoms with Crippen LogP contribution in [0, 0.1) is 52.3 Å². The molecule has 4 aliphatic carbocycles. The van der Waals surface area contributed by atoms with E-state index in [1.807, 2.05) is 0 Å². The molecular formula is C27H46O. The minimum absolute atomic E-state index is 0.209. The topological polar surface area (TPSA) is 17.1 Å². The lowest BCUT2D eigenvalue weighted by molar-refractivity contribution is -0.123. The van der Waals surface area contributed by atoms with Gasteiger partial charge in [0.15, 0.2) is 0 Å². The summed E-state index contributed by atoms with van der Waals surface area (Å²) >= 11 is 0. The first-order chi connectivity index (χ1) is 13.3. The molecular weight excluding hydrogens is 340 g/mol. The van der Waals surface area contributed by atoms with Gasteiger partial charge in [-0.2, -0.15) is 0 Å². The first-order valence-corrected chi connectivity index (χ1v) is 12.8. The molecule has 1 heteroatoms. The van der Waals surface area contributed by atoms with Crippen LogP contribution in [0.1, 0.15) is 112 Å². The molecule has 160 valence electrons. The van der Waals surface area contributed by atoms with Crippen LogP contribution in [0.3, 0.4) is 0 Å². The van der Waals surface area contributed by atoms with E-state index in [2.05, 4.69) is 34.6 Å². The summed E-state index contributed by atoms with van der Waals surface area (Å²) in [6.45, 7) is 12.0. The predicted molar refractivity (Wildman–Crippen MR) is 118 cm³/mol. The maximum Gasteiger partial charge on any atom is 0.135 e. The van der Waals surface area contributed by atoms with Gasteiger partial charge in [0.05, 0.1) is 0 Å². The second kappa shape index (κ2) is 7.73. The normalized spacial score (nSPS) is 46.6. The van der Waals surface area contributed by atoms with Gasteiger partial charge in [0, 0.05) is 12.3 Å². The molecule has 0 aromatic carbocycles. The molecule has 0 spiro atoms. The van der Waals surface area contributed by atoms with Gasteiger partial charge in [0.2, 0.25) is 0 Å². The van der Waals surface area contributed by atoms with Gasteiger partial charge in [-0.1, -0.05) is 47.5 Å². The minimum Gasteiger partial charge on any atom is -0.299 e. The number of rotatable bonds is 5. The summed E-state index contributed by atoms with van der Waals surface area (Å²) < 4.78 is 0. The minimum atomic E-state index is 0.209. The van der Waals surface area contributed by atoms with Crippen LogP contribution in [0.4, 0.5) is 0 Å². The average molecular weight is 387 g/mol. The summed E-state index contributed by atoms with van der Waals surface area (Å²) in [6.07, 6.45) is 16.9. The molecule has 4 aliphatic rings. The Morgan fingerprint density at radius 2 is 1.61 bits per heavy atom. The fourth-order valence-corrected chi connectivity index (χ4v) is 9.13. The number of carbonyl (C=O) groups excluding carboxylic acids is 1. The maximum atomic E-state index is 12.2. The standard InChI is InChI=1S/C27H46O/c1-18(2)25(28)14-9-19(3)22-12-13-23-21-11-10-20-8-6-7-16-26(20,4)24(21)15-17-27(22,23)5/h18-24H,6-17H2,1-5H3/t19-,20+,21+,22-,23+,24+,26+,27-/m1/s1. The molecule has 0 saturated heterocycles. The predicted octanol–water partition coefficient (Wildman–Crippen LogP) is 7.68. The van der Waals surface area contributed by atoms with E-state index in [0.717, 1.165) is 48.3 Å². The van der Waals surface area contributed by atoms with Crippen molar-refractivity contribution in [2.75, 3.05) is 0 Å². The monoisotopic (exact) mass is 386 g/mol. The zero-order valence-electron chi connectivity index (χ0n) is 19.4. The lowest BCUT2D eigenvalue weighted by atomic mass is 9.44. The summed E-state index contributed by atoms with van der Waals surface area (Å²) in [5, 5.41) is 0. The van der Waals surface area contributed by atoms with Gasteiger partial charge in [-0.3, -0.25) is 4.79 Å². The highest BCUT2D eigenvalue weighted by atomic mass is 16.1. The van der Waals surface area contributed by atoms with E-state index in [1.54, 1.807) is 0 Å². The molecule has 0 aromatic rings. The summed E-state index contributed by atoms with van der Waals surface area (Å²) in [6, 6.07) is 0. The van der Waals surface area contributed by atoms with Crippen LogP contribution < -0.4 is 0 Å². The van der Waals surface area contributed by atoms with Gasteiger partial charge in [0.25, 0.3) is 0 Å². The molecule has 0 N–H and O–H groups in total.